The summed E-state index contributed by atoms with van der Waals surface area (Å²) in [5.74, 6) is 1.14. The van der Waals surface area contributed by atoms with E-state index in [1.54, 1.807) is 12.1 Å². The van der Waals surface area contributed by atoms with Gasteiger partial charge in [0.15, 0.2) is 5.76 Å². The molecule has 4 heteroatoms. The molecule has 4 nitrogen and oxygen atoms in total. The van der Waals surface area contributed by atoms with Gasteiger partial charge in [0, 0.05) is 5.69 Å². The van der Waals surface area contributed by atoms with Crippen LogP contribution >= 0.6 is 0 Å². The second-order valence-corrected chi connectivity index (χ2v) is 4.86. The minimum Gasteiger partial charge on any atom is -0.455 e. The number of nitrogens with one attached hydrogen (secondary N) is 1. The molecule has 106 valence electrons. The SMILES string of the molecule is CCC(C)c1ccc(NC(=O)c2ccc(CN)o2)cc1. The summed E-state index contributed by atoms with van der Waals surface area (Å²) < 4.78 is 5.31. The fraction of sp³-hybridized carbons (Fsp3) is 0.312. The van der Waals surface area contributed by atoms with Crippen molar-refractivity contribution in [2.75, 3.05) is 5.32 Å². The zero-order chi connectivity index (χ0) is 14.5. The summed E-state index contributed by atoms with van der Waals surface area (Å²) in [4.78, 5) is 12.0. The molecule has 1 amide bonds. The average molecular weight is 272 g/mol. The highest BCUT2D eigenvalue weighted by molar-refractivity contribution is 6.02. The molecule has 0 saturated heterocycles. The summed E-state index contributed by atoms with van der Waals surface area (Å²) in [6.45, 7) is 4.63. The number of hydrogen-bond acceptors (Lipinski definition) is 3. The largest absolute Gasteiger partial charge is 0.455 e. The van der Waals surface area contributed by atoms with Crippen molar-refractivity contribution in [3.05, 3.63) is 53.5 Å². The number of rotatable bonds is 5. The first-order valence-corrected chi connectivity index (χ1v) is 6.84. The molecule has 1 heterocycles. The summed E-state index contributed by atoms with van der Waals surface area (Å²) in [5, 5.41) is 2.81. The van der Waals surface area contributed by atoms with Gasteiger partial charge in [-0.1, -0.05) is 26.0 Å². The lowest BCUT2D eigenvalue weighted by Crippen LogP contribution is -2.11. The summed E-state index contributed by atoms with van der Waals surface area (Å²) in [7, 11) is 0. The third-order valence-electron chi connectivity index (χ3n) is 3.44. The molecule has 0 saturated carbocycles. The van der Waals surface area contributed by atoms with Crippen LogP contribution in [0.15, 0.2) is 40.8 Å². The molecule has 1 atom stereocenters. The van der Waals surface area contributed by atoms with Crippen LogP contribution in [0.5, 0.6) is 0 Å². The number of furan rings is 1. The molecule has 1 aromatic heterocycles. The zero-order valence-electron chi connectivity index (χ0n) is 11.8. The van der Waals surface area contributed by atoms with Gasteiger partial charge < -0.3 is 15.5 Å². The highest BCUT2D eigenvalue weighted by atomic mass is 16.4. The molecule has 1 aromatic carbocycles. The van der Waals surface area contributed by atoms with Crippen LogP contribution in [0.2, 0.25) is 0 Å². The molecule has 0 aliphatic rings. The van der Waals surface area contributed by atoms with Crippen molar-refractivity contribution in [3.8, 4) is 0 Å². The van der Waals surface area contributed by atoms with Gasteiger partial charge in [0.1, 0.15) is 5.76 Å². The lowest BCUT2D eigenvalue weighted by atomic mass is 9.99. The van der Waals surface area contributed by atoms with Crippen molar-refractivity contribution in [2.24, 2.45) is 5.73 Å². The van der Waals surface area contributed by atoms with E-state index in [9.17, 15) is 4.79 Å². The van der Waals surface area contributed by atoms with Gasteiger partial charge in [0.2, 0.25) is 0 Å². The average Bonchev–Trinajstić information content (AvgIpc) is 2.96. The first kappa shape index (κ1) is 14.3. The Hall–Kier alpha value is -2.07. The summed E-state index contributed by atoms with van der Waals surface area (Å²) >= 11 is 0. The van der Waals surface area contributed by atoms with E-state index in [2.05, 4.69) is 19.2 Å². The van der Waals surface area contributed by atoms with Gasteiger partial charge in [-0.25, -0.2) is 0 Å². The summed E-state index contributed by atoms with van der Waals surface area (Å²) in [6.07, 6.45) is 1.10. The zero-order valence-corrected chi connectivity index (χ0v) is 11.8. The van der Waals surface area contributed by atoms with Gasteiger partial charge in [-0.05, 0) is 42.2 Å². The van der Waals surface area contributed by atoms with Crippen molar-refractivity contribution in [1.29, 1.82) is 0 Å². The Morgan fingerprint density at radius 1 is 1.25 bits per heavy atom. The molecule has 20 heavy (non-hydrogen) atoms. The van der Waals surface area contributed by atoms with Crippen LogP contribution in [0.4, 0.5) is 5.69 Å². The number of nitrogens with two attached hydrogens (primary N) is 1. The Labute approximate surface area is 119 Å². The van der Waals surface area contributed by atoms with Crippen LogP contribution in [0.1, 0.15) is 48.1 Å². The van der Waals surface area contributed by atoms with Crippen LogP contribution < -0.4 is 11.1 Å². The predicted octanol–water partition coefficient (Wildman–Crippen LogP) is 3.50. The van der Waals surface area contributed by atoms with Crippen LogP contribution in [-0.2, 0) is 6.54 Å². The van der Waals surface area contributed by atoms with Gasteiger partial charge in [0.25, 0.3) is 5.91 Å². The van der Waals surface area contributed by atoms with Gasteiger partial charge in [0.05, 0.1) is 6.54 Å². The Bertz CT molecular complexity index is 572. The van der Waals surface area contributed by atoms with E-state index in [-0.39, 0.29) is 18.2 Å². The molecule has 2 aromatic rings. The van der Waals surface area contributed by atoms with Gasteiger partial charge in [-0.3, -0.25) is 4.79 Å². The van der Waals surface area contributed by atoms with Crippen LogP contribution in [0.3, 0.4) is 0 Å². The van der Waals surface area contributed by atoms with Crippen molar-refractivity contribution < 1.29 is 9.21 Å². The molecule has 0 aliphatic heterocycles. The van der Waals surface area contributed by atoms with Crippen molar-refractivity contribution in [3.63, 3.8) is 0 Å². The second kappa shape index (κ2) is 6.39. The number of hydrogen-bond donors (Lipinski definition) is 2. The molecular formula is C16H20N2O2. The molecule has 0 bridgehead atoms. The highest BCUT2D eigenvalue weighted by Gasteiger charge is 2.11. The number of benzene rings is 1. The van der Waals surface area contributed by atoms with E-state index in [1.165, 1.54) is 5.56 Å². The standard InChI is InChI=1S/C16H20N2O2/c1-3-11(2)12-4-6-13(7-5-12)18-16(19)15-9-8-14(10-17)20-15/h4-9,11H,3,10,17H2,1-2H3,(H,18,19). The van der Waals surface area contributed by atoms with Gasteiger partial charge in [-0.2, -0.15) is 0 Å². The fourth-order valence-electron chi connectivity index (χ4n) is 1.93. The van der Waals surface area contributed by atoms with Crippen molar-refractivity contribution >= 4 is 11.6 Å². The van der Waals surface area contributed by atoms with E-state index < -0.39 is 0 Å². The molecule has 3 N–H and O–H groups in total. The van der Waals surface area contributed by atoms with E-state index in [1.807, 2.05) is 24.3 Å². The van der Waals surface area contributed by atoms with Crippen LogP contribution in [-0.4, -0.2) is 5.91 Å². The number of amides is 1. The normalized spacial score (nSPS) is 12.2. The molecule has 0 fully saturated rings. The van der Waals surface area contributed by atoms with Gasteiger partial charge >= 0.3 is 0 Å². The van der Waals surface area contributed by atoms with E-state index >= 15 is 0 Å². The first-order chi connectivity index (χ1) is 9.63. The maximum atomic E-state index is 12.0. The lowest BCUT2D eigenvalue weighted by Gasteiger charge is -2.10. The maximum absolute atomic E-state index is 12.0. The van der Waals surface area contributed by atoms with Gasteiger partial charge in [-0.15, -0.1) is 0 Å². The van der Waals surface area contributed by atoms with E-state index in [0.29, 0.717) is 11.7 Å². The van der Waals surface area contributed by atoms with Crippen LogP contribution in [0, 0.1) is 0 Å². The van der Waals surface area contributed by atoms with E-state index in [0.717, 1.165) is 12.1 Å². The smallest absolute Gasteiger partial charge is 0.291 e. The highest BCUT2D eigenvalue weighted by Crippen LogP contribution is 2.21. The maximum Gasteiger partial charge on any atom is 0.291 e. The predicted molar refractivity (Wildman–Crippen MR) is 79.7 cm³/mol. The number of carbonyl (C=O) groups is 1. The second-order valence-electron chi connectivity index (χ2n) is 4.86. The third-order valence-corrected chi connectivity index (χ3v) is 3.44. The third kappa shape index (κ3) is 3.27. The lowest BCUT2D eigenvalue weighted by molar-refractivity contribution is 0.0995. The summed E-state index contributed by atoms with van der Waals surface area (Å²) in [5.41, 5.74) is 7.48. The number of carbonyl (C=O) groups excluding carboxylic acids is 1. The van der Waals surface area contributed by atoms with Crippen molar-refractivity contribution in [1.82, 2.24) is 0 Å². The molecule has 0 spiro atoms. The van der Waals surface area contributed by atoms with Crippen LogP contribution in [0.25, 0.3) is 0 Å². The fourth-order valence-corrected chi connectivity index (χ4v) is 1.93. The van der Waals surface area contributed by atoms with E-state index in [4.69, 9.17) is 10.2 Å². The molecule has 1 unspecified atom stereocenters. The Balaban J connectivity index is 2.04. The Morgan fingerprint density at radius 2 is 1.95 bits per heavy atom. The topological polar surface area (TPSA) is 68.3 Å². The Morgan fingerprint density at radius 3 is 2.50 bits per heavy atom. The minimum absolute atomic E-state index is 0.263. The molecule has 2 rings (SSSR count). The quantitative estimate of drug-likeness (QED) is 0.875. The summed E-state index contributed by atoms with van der Waals surface area (Å²) in [6, 6.07) is 11.2. The first-order valence-electron chi connectivity index (χ1n) is 6.84. The molecule has 0 radical (unpaired) electrons. The Kier molecular flexibility index (Phi) is 4.58. The monoisotopic (exact) mass is 272 g/mol. The molecule has 0 aliphatic carbocycles. The van der Waals surface area contributed by atoms with Crippen molar-refractivity contribution in [2.45, 2.75) is 32.7 Å². The number of anilines is 1. The minimum atomic E-state index is -0.263. The molecular weight excluding hydrogens is 252 g/mol.